The van der Waals surface area contributed by atoms with Gasteiger partial charge in [0.15, 0.2) is 0 Å². The Hall–Kier alpha value is -4.71. The van der Waals surface area contributed by atoms with Crippen molar-refractivity contribution in [1.82, 2.24) is 31.2 Å². The minimum absolute atomic E-state index is 0.0949. The number of nitrogens with zero attached hydrogens (tertiary/aromatic N) is 2. The van der Waals surface area contributed by atoms with Crippen LogP contribution in [0.3, 0.4) is 0 Å². The Labute approximate surface area is 306 Å². The number of piperidine rings is 1. The summed E-state index contributed by atoms with van der Waals surface area (Å²) in [6.07, 6.45) is 3.47. The lowest BCUT2D eigenvalue weighted by Crippen LogP contribution is -2.59. The number of carbonyl (C=O) groups is 3. The molecule has 11 nitrogen and oxygen atoms in total. The second kappa shape index (κ2) is 17.7. The first-order chi connectivity index (χ1) is 24.9. The van der Waals surface area contributed by atoms with Crippen LogP contribution >= 0.6 is 0 Å². The number of aliphatic hydroxyl groups is 1. The largest absolute Gasteiger partial charge is 0.389 e. The standard InChI is InChI=1S/C41H52N6O5/c1-26(2)36(46-39(50)32-18-17-28-13-9-10-16-31(28)45-32)40(51)47-37(35(41(3,4)5)29-14-7-6-8-15-29)34(48)24-44-38(49)33-22-30(19-21-43-33)52-25-27-12-11-20-42-23-27/h6-18,20,23,26,30,33-37,43,48H,19,21-22,24-25H2,1-5H3,(H,44,49)(H,46,50)(H,47,51)/t30?,33?,34?,35?,36-,37?/m0/s1. The number of para-hydroxylation sites is 1. The highest BCUT2D eigenvalue weighted by atomic mass is 16.5. The monoisotopic (exact) mass is 708 g/mol. The zero-order valence-electron chi connectivity index (χ0n) is 30.7. The fourth-order valence-electron chi connectivity index (χ4n) is 6.89. The Kier molecular flexibility index (Phi) is 13.1. The van der Waals surface area contributed by atoms with Gasteiger partial charge in [0.1, 0.15) is 11.7 Å². The summed E-state index contributed by atoms with van der Waals surface area (Å²) >= 11 is 0. The molecule has 0 saturated carbocycles. The maximum atomic E-state index is 14.2. The number of aromatic nitrogens is 2. The van der Waals surface area contributed by atoms with Crippen molar-refractivity contribution >= 4 is 28.6 Å². The molecule has 0 aliphatic carbocycles. The van der Waals surface area contributed by atoms with E-state index in [0.29, 0.717) is 25.1 Å². The quantitative estimate of drug-likeness (QED) is 0.128. The Morgan fingerprint density at radius 3 is 2.42 bits per heavy atom. The van der Waals surface area contributed by atoms with Gasteiger partial charge in [0.25, 0.3) is 5.91 Å². The fourth-order valence-corrected chi connectivity index (χ4v) is 6.89. The third kappa shape index (κ3) is 10.2. The molecule has 0 spiro atoms. The second-order valence-electron chi connectivity index (χ2n) is 15.0. The van der Waals surface area contributed by atoms with Crippen LogP contribution < -0.4 is 21.3 Å². The molecular weight excluding hydrogens is 656 g/mol. The topological polar surface area (TPSA) is 155 Å². The van der Waals surface area contributed by atoms with Gasteiger partial charge in [0.05, 0.1) is 36.4 Å². The van der Waals surface area contributed by atoms with Crippen LogP contribution in [0.5, 0.6) is 0 Å². The van der Waals surface area contributed by atoms with E-state index in [1.807, 2.05) is 86.6 Å². The summed E-state index contributed by atoms with van der Waals surface area (Å²) in [6, 6.07) is 22.3. The van der Waals surface area contributed by atoms with Crippen LogP contribution in [0.1, 0.15) is 75.0 Å². The van der Waals surface area contributed by atoms with Gasteiger partial charge in [-0.05, 0) is 60.0 Å². The van der Waals surface area contributed by atoms with E-state index in [-0.39, 0.29) is 36.1 Å². The summed E-state index contributed by atoms with van der Waals surface area (Å²) in [5.74, 6) is -1.79. The van der Waals surface area contributed by atoms with E-state index < -0.39 is 41.5 Å². The molecular formula is C41H52N6O5. The Morgan fingerprint density at radius 2 is 1.71 bits per heavy atom. The molecule has 4 aromatic rings. The van der Waals surface area contributed by atoms with Crippen molar-refractivity contribution in [2.24, 2.45) is 11.3 Å². The molecule has 1 aliphatic heterocycles. The van der Waals surface area contributed by atoms with Gasteiger partial charge in [-0.2, -0.15) is 0 Å². The molecule has 5 rings (SSSR count). The van der Waals surface area contributed by atoms with Crippen LogP contribution in [0.25, 0.3) is 10.9 Å². The highest BCUT2D eigenvalue weighted by molar-refractivity contribution is 5.98. The van der Waals surface area contributed by atoms with Crippen molar-refractivity contribution < 1.29 is 24.2 Å². The smallest absolute Gasteiger partial charge is 0.270 e. The molecule has 6 atom stereocenters. The van der Waals surface area contributed by atoms with E-state index in [0.717, 1.165) is 22.9 Å². The van der Waals surface area contributed by atoms with Crippen LogP contribution in [0.4, 0.5) is 0 Å². The molecule has 5 unspecified atom stereocenters. The molecule has 1 saturated heterocycles. The lowest BCUT2D eigenvalue weighted by atomic mass is 9.70. The van der Waals surface area contributed by atoms with Gasteiger partial charge in [-0.1, -0.05) is 95.3 Å². The number of ether oxygens (including phenoxy) is 1. The molecule has 52 heavy (non-hydrogen) atoms. The van der Waals surface area contributed by atoms with Gasteiger partial charge in [0.2, 0.25) is 11.8 Å². The minimum atomic E-state index is -1.16. The average Bonchev–Trinajstić information content (AvgIpc) is 3.14. The number of nitrogens with one attached hydrogen (secondary N) is 4. The zero-order valence-corrected chi connectivity index (χ0v) is 30.7. The minimum Gasteiger partial charge on any atom is -0.389 e. The number of rotatable bonds is 14. The first kappa shape index (κ1) is 38.5. The number of pyridine rings is 2. The molecule has 0 radical (unpaired) electrons. The molecule has 11 heteroatoms. The predicted molar refractivity (Wildman–Crippen MR) is 201 cm³/mol. The Morgan fingerprint density at radius 1 is 0.962 bits per heavy atom. The molecule has 5 N–H and O–H groups in total. The maximum absolute atomic E-state index is 14.2. The highest BCUT2D eigenvalue weighted by Crippen LogP contribution is 2.39. The molecule has 0 bridgehead atoms. The van der Waals surface area contributed by atoms with Gasteiger partial charge in [-0.15, -0.1) is 0 Å². The summed E-state index contributed by atoms with van der Waals surface area (Å²) in [7, 11) is 0. The van der Waals surface area contributed by atoms with E-state index in [1.54, 1.807) is 18.5 Å². The van der Waals surface area contributed by atoms with Crippen molar-refractivity contribution in [3.05, 3.63) is 108 Å². The normalized spacial score (nSPS) is 18.6. The summed E-state index contributed by atoms with van der Waals surface area (Å²) in [5, 5.41) is 25.0. The van der Waals surface area contributed by atoms with Crippen molar-refractivity contribution in [3.8, 4) is 0 Å². The van der Waals surface area contributed by atoms with Crippen molar-refractivity contribution in [1.29, 1.82) is 0 Å². The molecule has 3 amide bonds. The molecule has 2 aromatic heterocycles. The lowest BCUT2D eigenvalue weighted by Gasteiger charge is -2.41. The van der Waals surface area contributed by atoms with Crippen molar-refractivity contribution in [3.63, 3.8) is 0 Å². The SMILES string of the molecule is CC(C)[C@H](NC(=O)c1ccc2ccccc2n1)C(=O)NC(C(O)CNC(=O)C1CC(OCc2cccnc2)CCN1)C(c1ccccc1)C(C)(C)C. The van der Waals surface area contributed by atoms with Gasteiger partial charge in [-0.3, -0.25) is 19.4 Å². The van der Waals surface area contributed by atoms with Crippen molar-refractivity contribution in [2.45, 2.75) is 90.3 Å². The van der Waals surface area contributed by atoms with Crippen LogP contribution in [0, 0.1) is 11.3 Å². The molecule has 1 aliphatic rings. The lowest BCUT2D eigenvalue weighted by molar-refractivity contribution is -0.126. The number of aliphatic hydroxyl groups excluding tert-OH is 1. The fraction of sp³-hybridized carbons (Fsp3) is 0.439. The molecule has 276 valence electrons. The van der Waals surface area contributed by atoms with Gasteiger partial charge < -0.3 is 31.1 Å². The van der Waals surface area contributed by atoms with E-state index in [9.17, 15) is 19.5 Å². The summed E-state index contributed by atoms with van der Waals surface area (Å²) in [6.45, 7) is 10.8. The number of carbonyl (C=O) groups excluding carboxylic acids is 3. The second-order valence-corrected chi connectivity index (χ2v) is 15.0. The van der Waals surface area contributed by atoms with Crippen molar-refractivity contribution in [2.75, 3.05) is 13.1 Å². The summed E-state index contributed by atoms with van der Waals surface area (Å²) < 4.78 is 6.10. The Balaban J connectivity index is 1.30. The third-order valence-electron chi connectivity index (χ3n) is 9.61. The molecule has 1 fully saturated rings. The highest BCUT2D eigenvalue weighted by Gasteiger charge is 2.40. The van der Waals surface area contributed by atoms with Crippen LogP contribution in [-0.2, 0) is 20.9 Å². The number of hydrogen-bond donors (Lipinski definition) is 5. The number of benzene rings is 2. The molecule has 3 heterocycles. The number of hydrogen-bond acceptors (Lipinski definition) is 8. The van der Waals surface area contributed by atoms with E-state index in [4.69, 9.17) is 4.74 Å². The first-order valence-electron chi connectivity index (χ1n) is 18.1. The van der Waals surface area contributed by atoms with Gasteiger partial charge in [-0.25, -0.2) is 4.98 Å². The number of amides is 3. The maximum Gasteiger partial charge on any atom is 0.270 e. The first-order valence-corrected chi connectivity index (χ1v) is 18.1. The predicted octanol–water partition coefficient (Wildman–Crippen LogP) is 4.51. The van der Waals surface area contributed by atoms with Gasteiger partial charge in [0, 0.05) is 30.2 Å². The van der Waals surface area contributed by atoms with Gasteiger partial charge >= 0.3 is 0 Å². The van der Waals surface area contributed by atoms with E-state index in [2.05, 4.69) is 52.0 Å². The average molecular weight is 709 g/mol. The Bertz CT molecular complexity index is 1780. The zero-order chi connectivity index (χ0) is 37.3. The van der Waals surface area contributed by atoms with E-state index >= 15 is 0 Å². The van der Waals surface area contributed by atoms with Crippen LogP contribution in [0.15, 0.2) is 91.3 Å². The summed E-state index contributed by atoms with van der Waals surface area (Å²) in [4.78, 5) is 49.7. The van der Waals surface area contributed by atoms with E-state index in [1.165, 1.54) is 0 Å². The summed E-state index contributed by atoms with van der Waals surface area (Å²) in [5.41, 5.74) is 2.36. The molecule has 2 aromatic carbocycles. The number of fused-ring (bicyclic) bond motifs is 1. The van der Waals surface area contributed by atoms with Crippen LogP contribution in [-0.4, -0.2) is 76.2 Å². The van der Waals surface area contributed by atoms with Crippen LogP contribution in [0.2, 0.25) is 0 Å². The third-order valence-corrected chi connectivity index (χ3v) is 9.61.